The van der Waals surface area contributed by atoms with E-state index in [4.69, 9.17) is 0 Å². The summed E-state index contributed by atoms with van der Waals surface area (Å²) in [5.41, 5.74) is 7.64. The van der Waals surface area contributed by atoms with Crippen LogP contribution in [0.3, 0.4) is 0 Å². The van der Waals surface area contributed by atoms with Gasteiger partial charge < -0.3 is 0 Å². The lowest BCUT2D eigenvalue weighted by Crippen LogP contribution is -1.91. The van der Waals surface area contributed by atoms with Crippen LogP contribution in [0.1, 0.15) is 0 Å². The molecule has 0 saturated heterocycles. The molecule has 46 heavy (non-hydrogen) atoms. The van der Waals surface area contributed by atoms with Crippen molar-refractivity contribution in [3.8, 4) is 33.4 Å². The maximum absolute atomic E-state index is 2.46. The van der Waals surface area contributed by atoms with Crippen molar-refractivity contribution in [2.45, 2.75) is 0 Å². The van der Waals surface area contributed by atoms with Gasteiger partial charge in [-0.25, -0.2) is 0 Å². The fourth-order valence-electron chi connectivity index (χ4n) is 7.49. The molecule has 0 saturated carbocycles. The molecule has 0 N–H and O–H groups in total. The summed E-state index contributed by atoms with van der Waals surface area (Å²) in [7, 11) is 0. The van der Waals surface area contributed by atoms with E-state index in [-0.39, 0.29) is 0 Å². The molecule has 10 aromatic rings. The number of fused-ring (bicyclic) bond motifs is 9. The fourth-order valence-corrected chi connectivity index (χ4v) is 10.0. The second-order valence-electron chi connectivity index (χ2n) is 12.0. The Hall–Kier alpha value is -5.28. The van der Waals surface area contributed by atoms with Crippen LogP contribution in [-0.2, 0) is 0 Å². The highest BCUT2D eigenvalue weighted by atomic mass is 32.1. The van der Waals surface area contributed by atoms with Gasteiger partial charge >= 0.3 is 0 Å². The van der Waals surface area contributed by atoms with E-state index in [1.165, 1.54) is 95.3 Å². The normalized spacial score (nSPS) is 11.9. The molecule has 0 nitrogen and oxygen atoms in total. The molecular formula is C44H26S2. The molecule has 2 aromatic heterocycles. The lowest BCUT2D eigenvalue weighted by molar-refractivity contribution is 1.64. The number of thiophene rings is 2. The highest BCUT2D eigenvalue weighted by Crippen LogP contribution is 2.49. The van der Waals surface area contributed by atoms with Gasteiger partial charge in [0.2, 0.25) is 0 Å². The first-order chi connectivity index (χ1) is 22.8. The molecular weight excluding hydrogens is 593 g/mol. The highest BCUT2D eigenvalue weighted by Gasteiger charge is 2.20. The average molecular weight is 619 g/mol. The molecule has 0 bridgehead atoms. The summed E-state index contributed by atoms with van der Waals surface area (Å²) >= 11 is 3.85. The summed E-state index contributed by atoms with van der Waals surface area (Å²) in [4.78, 5) is 0. The van der Waals surface area contributed by atoms with Crippen molar-refractivity contribution in [2.24, 2.45) is 0 Å². The maximum Gasteiger partial charge on any atom is 0.0540 e. The van der Waals surface area contributed by atoms with E-state index in [1.807, 2.05) is 22.7 Å². The van der Waals surface area contributed by atoms with Crippen molar-refractivity contribution in [1.29, 1.82) is 0 Å². The van der Waals surface area contributed by atoms with E-state index in [1.54, 1.807) is 0 Å². The summed E-state index contributed by atoms with van der Waals surface area (Å²) in [6.07, 6.45) is 0. The lowest BCUT2D eigenvalue weighted by atomic mass is 9.85. The number of hydrogen-bond donors (Lipinski definition) is 0. The van der Waals surface area contributed by atoms with Crippen LogP contribution in [0.5, 0.6) is 0 Å². The van der Waals surface area contributed by atoms with Crippen molar-refractivity contribution >= 4 is 84.6 Å². The Morgan fingerprint density at radius 3 is 1.46 bits per heavy atom. The van der Waals surface area contributed by atoms with Gasteiger partial charge in [-0.3, -0.25) is 0 Å². The van der Waals surface area contributed by atoms with Crippen molar-refractivity contribution in [3.05, 3.63) is 158 Å². The lowest BCUT2D eigenvalue weighted by Gasteiger charge is -2.18. The molecule has 10 rings (SSSR count). The first-order valence-corrected chi connectivity index (χ1v) is 17.3. The molecule has 0 aliphatic heterocycles. The highest BCUT2D eigenvalue weighted by molar-refractivity contribution is 7.33. The second-order valence-corrected chi connectivity index (χ2v) is 14.1. The minimum Gasteiger partial charge on any atom is -0.134 e. The van der Waals surface area contributed by atoms with Gasteiger partial charge in [-0.05, 0) is 79.2 Å². The molecule has 0 aliphatic rings. The molecule has 8 aromatic carbocycles. The fraction of sp³-hybridized carbons (Fsp3) is 0. The van der Waals surface area contributed by atoms with Crippen LogP contribution in [0.25, 0.3) is 95.3 Å². The average Bonchev–Trinajstić information content (AvgIpc) is 3.70. The van der Waals surface area contributed by atoms with Gasteiger partial charge in [-0.1, -0.05) is 133 Å². The molecule has 0 aliphatic carbocycles. The van der Waals surface area contributed by atoms with Crippen LogP contribution in [-0.4, -0.2) is 0 Å². The predicted octanol–water partition coefficient (Wildman–Crippen LogP) is 13.7. The van der Waals surface area contributed by atoms with Crippen LogP contribution in [0.15, 0.2) is 158 Å². The standard InChI is InChI=1S/C44H26S2/c1-2-13-27(14-3-1)40-31-18-4-6-20-33(31)41(34-21-7-5-19-32(34)40)29-16-12-15-28(25-29)36-26-37-30-17-8-10-23-38(30)45-43(37)44-42(36)35-22-9-11-24-39(35)46-44/h1-26H. The van der Waals surface area contributed by atoms with Gasteiger partial charge in [0.15, 0.2) is 0 Å². The Morgan fingerprint density at radius 2 is 0.783 bits per heavy atom. The van der Waals surface area contributed by atoms with Crippen LogP contribution >= 0.6 is 22.7 Å². The van der Waals surface area contributed by atoms with Gasteiger partial charge in [0.25, 0.3) is 0 Å². The second kappa shape index (κ2) is 10.1. The van der Waals surface area contributed by atoms with E-state index >= 15 is 0 Å². The molecule has 2 heteroatoms. The number of rotatable bonds is 3. The van der Waals surface area contributed by atoms with Crippen molar-refractivity contribution in [3.63, 3.8) is 0 Å². The summed E-state index contributed by atoms with van der Waals surface area (Å²) in [5.74, 6) is 0. The molecule has 0 atom stereocenters. The van der Waals surface area contributed by atoms with E-state index in [9.17, 15) is 0 Å². The Balaban J connectivity index is 1.30. The smallest absolute Gasteiger partial charge is 0.0540 e. The van der Waals surface area contributed by atoms with Gasteiger partial charge in [-0.15, -0.1) is 22.7 Å². The van der Waals surface area contributed by atoms with Crippen LogP contribution < -0.4 is 0 Å². The Morgan fingerprint density at radius 1 is 0.304 bits per heavy atom. The molecule has 2 heterocycles. The van der Waals surface area contributed by atoms with Gasteiger partial charge in [0.1, 0.15) is 0 Å². The summed E-state index contributed by atoms with van der Waals surface area (Å²) in [6.45, 7) is 0. The first-order valence-electron chi connectivity index (χ1n) is 15.7. The third kappa shape index (κ3) is 3.78. The van der Waals surface area contributed by atoms with E-state index in [0.717, 1.165) is 0 Å². The summed E-state index contributed by atoms with van der Waals surface area (Å²) < 4.78 is 5.47. The predicted molar refractivity (Wildman–Crippen MR) is 204 cm³/mol. The first kappa shape index (κ1) is 26.0. The number of benzene rings is 8. The van der Waals surface area contributed by atoms with Crippen molar-refractivity contribution < 1.29 is 0 Å². The van der Waals surface area contributed by atoms with Crippen LogP contribution in [0, 0.1) is 0 Å². The quantitative estimate of drug-likeness (QED) is 0.173. The summed E-state index contributed by atoms with van der Waals surface area (Å²) in [6, 6.07) is 58.2. The Bertz CT molecular complexity index is 2740. The van der Waals surface area contributed by atoms with E-state index in [2.05, 4.69) is 158 Å². The van der Waals surface area contributed by atoms with Gasteiger partial charge in [0, 0.05) is 30.9 Å². The molecule has 0 spiro atoms. The Labute approximate surface area is 274 Å². The SMILES string of the molecule is c1ccc(-c2c3ccccc3c(-c3cccc(-c4cc5c6ccccc6sc5c5sc6ccccc6c45)c3)c3ccccc23)cc1. The largest absolute Gasteiger partial charge is 0.134 e. The zero-order valence-electron chi connectivity index (χ0n) is 24.8. The van der Waals surface area contributed by atoms with Gasteiger partial charge in [0.05, 0.1) is 9.40 Å². The third-order valence-electron chi connectivity index (χ3n) is 9.45. The summed E-state index contributed by atoms with van der Waals surface area (Å²) in [5, 5.41) is 10.5. The van der Waals surface area contributed by atoms with E-state index < -0.39 is 0 Å². The topological polar surface area (TPSA) is 0 Å². The molecule has 0 unspecified atom stereocenters. The van der Waals surface area contributed by atoms with Crippen molar-refractivity contribution in [1.82, 2.24) is 0 Å². The van der Waals surface area contributed by atoms with E-state index in [0.29, 0.717) is 0 Å². The monoisotopic (exact) mass is 618 g/mol. The van der Waals surface area contributed by atoms with Gasteiger partial charge in [-0.2, -0.15) is 0 Å². The Kier molecular flexibility index (Phi) is 5.72. The molecule has 0 fully saturated rings. The molecule has 0 amide bonds. The minimum absolute atomic E-state index is 1.24. The maximum atomic E-state index is 2.46. The van der Waals surface area contributed by atoms with Crippen LogP contribution in [0.4, 0.5) is 0 Å². The molecule has 0 radical (unpaired) electrons. The number of hydrogen-bond acceptors (Lipinski definition) is 2. The molecule has 214 valence electrons. The van der Waals surface area contributed by atoms with Crippen molar-refractivity contribution in [2.75, 3.05) is 0 Å². The minimum atomic E-state index is 1.24. The zero-order chi connectivity index (χ0) is 30.2. The zero-order valence-corrected chi connectivity index (χ0v) is 26.5. The van der Waals surface area contributed by atoms with Crippen LogP contribution in [0.2, 0.25) is 0 Å². The third-order valence-corrected chi connectivity index (χ3v) is 12.0.